The molecular formula is C16H24BrNO. The fourth-order valence-electron chi connectivity index (χ4n) is 2.73. The molecule has 1 fully saturated rings. The fraction of sp³-hybridized carbons (Fsp3) is 0.562. The Hall–Kier alpha value is -0.670. The molecule has 3 heteroatoms. The molecule has 1 aromatic rings. The summed E-state index contributed by atoms with van der Waals surface area (Å²) < 4.78 is 0. The van der Waals surface area contributed by atoms with Crippen LogP contribution in [-0.4, -0.2) is 29.8 Å². The SMILES string of the molecule is Br.CCCCC(C(=O)c1ccccc1)N1CCCC1. The van der Waals surface area contributed by atoms with Crippen LogP contribution in [-0.2, 0) is 0 Å². The lowest BCUT2D eigenvalue weighted by atomic mass is 9.98. The van der Waals surface area contributed by atoms with Crippen molar-refractivity contribution in [3.63, 3.8) is 0 Å². The largest absolute Gasteiger partial charge is 0.293 e. The zero-order valence-corrected chi connectivity index (χ0v) is 13.4. The molecule has 2 nitrogen and oxygen atoms in total. The molecule has 0 aromatic heterocycles. The quantitative estimate of drug-likeness (QED) is 0.734. The van der Waals surface area contributed by atoms with Crippen molar-refractivity contribution in [2.45, 2.75) is 45.1 Å². The zero-order chi connectivity index (χ0) is 12.8. The first-order valence-electron chi connectivity index (χ1n) is 7.16. The molecule has 1 unspecified atom stereocenters. The molecule has 1 atom stereocenters. The molecule has 0 N–H and O–H groups in total. The van der Waals surface area contributed by atoms with Crippen molar-refractivity contribution in [3.05, 3.63) is 35.9 Å². The Morgan fingerprint density at radius 2 is 1.84 bits per heavy atom. The number of hydrogen-bond acceptors (Lipinski definition) is 2. The van der Waals surface area contributed by atoms with Gasteiger partial charge in [-0.1, -0.05) is 50.1 Å². The van der Waals surface area contributed by atoms with Gasteiger partial charge in [0, 0.05) is 5.56 Å². The number of rotatable bonds is 6. The molecule has 1 aliphatic heterocycles. The smallest absolute Gasteiger partial charge is 0.179 e. The molecule has 0 aliphatic carbocycles. The highest BCUT2D eigenvalue weighted by Crippen LogP contribution is 2.20. The van der Waals surface area contributed by atoms with Crippen LogP contribution in [0.15, 0.2) is 30.3 Å². The average molecular weight is 326 g/mol. The van der Waals surface area contributed by atoms with E-state index in [1.54, 1.807) is 0 Å². The van der Waals surface area contributed by atoms with Gasteiger partial charge in [-0.15, -0.1) is 17.0 Å². The second kappa shape index (κ2) is 8.49. The zero-order valence-electron chi connectivity index (χ0n) is 11.7. The maximum Gasteiger partial charge on any atom is 0.179 e. The van der Waals surface area contributed by atoms with Gasteiger partial charge in [-0.3, -0.25) is 9.69 Å². The molecule has 0 radical (unpaired) electrons. The van der Waals surface area contributed by atoms with E-state index in [2.05, 4.69) is 11.8 Å². The molecule has 1 heterocycles. The van der Waals surface area contributed by atoms with E-state index in [1.807, 2.05) is 30.3 Å². The van der Waals surface area contributed by atoms with Crippen LogP contribution < -0.4 is 0 Å². The van der Waals surface area contributed by atoms with Gasteiger partial charge in [0.2, 0.25) is 0 Å². The fourth-order valence-corrected chi connectivity index (χ4v) is 2.73. The number of unbranched alkanes of at least 4 members (excludes halogenated alkanes) is 1. The molecule has 1 aliphatic rings. The maximum absolute atomic E-state index is 12.6. The number of Topliss-reactive ketones (excluding diaryl/α,β-unsaturated/α-hetero) is 1. The van der Waals surface area contributed by atoms with Crippen molar-refractivity contribution in [2.24, 2.45) is 0 Å². The highest BCUT2D eigenvalue weighted by atomic mass is 79.9. The first kappa shape index (κ1) is 16.4. The van der Waals surface area contributed by atoms with Crippen LogP contribution in [0.25, 0.3) is 0 Å². The second-order valence-electron chi connectivity index (χ2n) is 5.13. The van der Waals surface area contributed by atoms with Crippen LogP contribution in [0.1, 0.15) is 49.4 Å². The van der Waals surface area contributed by atoms with Gasteiger partial charge < -0.3 is 0 Å². The van der Waals surface area contributed by atoms with Crippen molar-refractivity contribution in [1.29, 1.82) is 0 Å². The monoisotopic (exact) mass is 325 g/mol. The number of benzene rings is 1. The van der Waals surface area contributed by atoms with Crippen LogP contribution in [0.4, 0.5) is 0 Å². The van der Waals surface area contributed by atoms with Gasteiger partial charge in [-0.05, 0) is 32.4 Å². The molecule has 2 rings (SSSR count). The van der Waals surface area contributed by atoms with Crippen LogP contribution in [0, 0.1) is 0 Å². The molecule has 1 aromatic carbocycles. The van der Waals surface area contributed by atoms with E-state index >= 15 is 0 Å². The number of likely N-dealkylation sites (tertiary alicyclic amines) is 1. The van der Waals surface area contributed by atoms with E-state index < -0.39 is 0 Å². The van der Waals surface area contributed by atoms with E-state index in [-0.39, 0.29) is 23.0 Å². The predicted octanol–water partition coefficient (Wildman–Crippen LogP) is 4.10. The topological polar surface area (TPSA) is 20.3 Å². The first-order chi connectivity index (χ1) is 8.83. The van der Waals surface area contributed by atoms with Gasteiger partial charge in [0.15, 0.2) is 5.78 Å². The first-order valence-corrected chi connectivity index (χ1v) is 7.16. The normalized spacial score (nSPS) is 16.9. The Kier molecular flexibility index (Phi) is 7.32. The van der Waals surface area contributed by atoms with Gasteiger partial charge in [0.25, 0.3) is 0 Å². The number of halogens is 1. The summed E-state index contributed by atoms with van der Waals surface area (Å²) in [6, 6.07) is 9.86. The van der Waals surface area contributed by atoms with Crippen LogP contribution in [0.2, 0.25) is 0 Å². The maximum atomic E-state index is 12.6. The Balaban J connectivity index is 0.00000180. The predicted molar refractivity (Wildman–Crippen MR) is 85.2 cm³/mol. The number of nitrogens with zero attached hydrogens (tertiary/aromatic N) is 1. The number of carbonyl (C=O) groups is 1. The molecule has 19 heavy (non-hydrogen) atoms. The Morgan fingerprint density at radius 3 is 2.42 bits per heavy atom. The average Bonchev–Trinajstić information content (AvgIpc) is 2.94. The summed E-state index contributed by atoms with van der Waals surface area (Å²) in [4.78, 5) is 15.0. The molecule has 106 valence electrons. The summed E-state index contributed by atoms with van der Waals surface area (Å²) in [5.74, 6) is 0.311. The summed E-state index contributed by atoms with van der Waals surface area (Å²) in [5, 5.41) is 0. The molecule has 0 saturated carbocycles. The third-order valence-corrected chi connectivity index (χ3v) is 3.77. The lowest BCUT2D eigenvalue weighted by molar-refractivity contribution is 0.0835. The Bertz CT molecular complexity index is 374. The number of hydrogen-bond donors (Lipinski definition) is 0. The van der Waals surface area contributed by atoms with Crippen molar-refractivity contribution >= 4 is 22.8 Å². The van der Waals surface area contributed by atoms with E-state index in [1.165, 1.54) is 12.8 Å². The standard InChI is InChI=1S/C16H23NO.BrH/c1-2-3-11-15(17-12-7-8-13-17)16(18)14-9-5-4-6-10-14;/h4-6,9-10,15H,2-3,7-8,11-13H2,1H3;1H. The second-order valence-corrected chi connectivity index (χ2v) is 5.13. The van der Waals surface area contributed by atoms with Crippen LogP contribution in [0.5, 0.6) is 0 Å². The van der Waals surface area contributed by atoms with E-state index in [9.17, 15) is 4.79 Å². The number of carbonyl (C=O) groups excluding carboxylic acids is 1. The van der Waals surface area contributed by atoms with Gasteiger partial charge in [-0.2, -0.15) is 0 Å². The van der Waals surface area contributed by atoms with E-state index in [0.717, 1.165) is 37.9 Å². The number of ketones is 1. The van der Waals surface area contributed by atoms with Crippen LogP contribution in [0.3, 0.4) is 0 Å². The molecule has 0 amide bonds. The summed E-state index contributed by atoms with van der Waals surface area (Å²) in [5.41, 5.74) is 0.866. The molecule has 1 saturated heterocycles. The van der Waals surface area contributed by atoms with Crippen LogP contribution >= 0.6 is 17.0 Å². The minimum atomic E-state index is 0. The van der Waals surface area contributed by atoms with Gasteiger partial charge >= 0.3 is 0 Å². The third kappa shape index (κ3) is 4.43. The summed E-state index contributed by atoms with van der Waals surface area (Å²) in [7, 11) is 0. The third-order valence-electron chi connectivity index (χ3n) is 3.77. The Labute approximate surface area is 127 Å². The molecule has 0 bridgehead atoms. The highest BCUT2D eigenvalue weighted by Gasteiger charge is 2.27. The van der Waals surface area contributed by atoms with Gasteiger partial charge in [0.05, 0.1) is 6.04 Å². The Morgan fingerprint density at radius 1 is 1.21 bits per heavy atom. The van der Waals surface area contributed by atoms with Gasteiger partial charge in [0.1, 0.15) is 0 Å². The minimum Gasteiger partial charge on any atom is -0.293 e. The summed E-state index contributed by atoms with van der Waals surface area (Å²) >= 11 is 0. The van der Waals surface area contributed by atoms with Gasteiger partial charge in [-0.25, -0.2) is 0 Å². The van der Waals surface area contributed by atoms with Crippen molar-refractivity contribution in [1.82, 2.24) is 4.90 Å². The van der Waals surface area contributed by atoms with E-state index in [0.29, 0.717) is 5.78 Å². The van der Waals surface area contributed by atoms with Crippen molar-refractivity contribution in [2.75, 3.05) is 13.1 Å². The molecule has 0 spiro atoms. The lowest BCUT2D eigenvalue weighted by Gasteiger charge is -2.26. The lowest BCUT2D eigenvalue weighted by Crippen LogP contribution is -2.39. The summed E-state index contributed by atoms with van der Waals surface area (Å²) in [6.45, 7) is 4.37. The molecular weight excluding hydrogens is 302 g/mol. The van der Waals surface area contributed by atoms with Crippen molar-refractivity contribution in [3.8, 4) is 0 Å². The van der Waals surface area contributed by atoms with Crippen molar-refractivity contribution < 1.29 is 4.79 Å². The van der Waals surface area contributed by atoms with E-state index in [4.69, 9.17) is 0 Å². The minimum absolute atomic E-state index is 0. The summed E-state index contributed by atoms with van der Waals surface area (Å²) in [6.07, 6.45) is 5.78. The highest BCUT2D eigenvalue weighted by molar-refractivity contribution is 8.93.